The molecule has 0 atom stereocenters. The minimum Gasteiger partial charge on any atom is -0.347 e. The Morgan fingerprint density at radius 3 is 2.39 bits per heavy atom. The van der Waals surface area contributed by atoms with E-state index in [1.807, 2.05) is 5.38 Å². The number of piperidine rings is 1. The van der Waals surface area contributed by atoms with Gasteiger partial charge < -0.3 is 10.2 Å². The summed E-state index contributed by atoms with van der Waals surface area (Å²) >= 11 is 1.57. The van der Waals surface area contributed by atoms with Crippen molar-refractivity contribution >= 4 is 23.2 Å². The summed E-state index contributed by atoms with van der Waals surface area (Å²) in [6.07, 6.45) is 7.67. The van der Waals surface area contributed by atoms with Crippen molar-refractivity contribution in [1.82, 2.24) is 15.2 Å². The van der Waals surface area contributed by atoms with Crippen molar-refractivity contribution in [3.05, 3.63) is 51.0 Å². The molecule has 1 aliphatic heterocycles. The van der Waals surface area contributed by atoms with Crippen LogP contribution in [0.1, 0.15) is 83.1 Å². The maximum absolute atomic E-state index is 12.8. The standard InChI is InChI=1S/C25H33N3O2S/c1-17-12-18(2)14-19(13-17)15-26-23(29)22-16-31-24(27-22)20-8-10-28(11-9-20)25(30)21-6-4-3-5-7-21/h12-14,16,20-21H,3-11,15H2,1-2H3,(H,26,29). The molecule has 1 N–H and O–H groups in total. The number of aromatic nitrogens is 1. The van der Waals surface area contributed by atoms with E-state index in [1.54, 1.807) is 11.3 Å². The number of carbonyl (C=O) groups excluding carboxylic acids is 2. The average molecular weight is 440 g/mol. The number of likely N-dealkylation sites (tertiary alicyclic amines) is 1. The fourth-order valence-corrected chi connectivity index (χ4v) is 5.95. The Balaban J connectivity index is 1.28. The van der Waals surface area contributed by atoms with Gasteiger partial charge in [-0.1, -0.05) is 48.6 Å². The van der Waals surface area contributed by atoms with Gasteiger partial charge in [0.1, 0.15) is 5.69 Å². The molecular weight excluding hydrogens is 406 g/mol. The third-order valence-corrected chi connectivity index (χ3v) is 7.61. The normalized spacial score (nSPS) is 18.2. The number of hydrogen-bond acceptors (Lipinski definition) is 4. The third kappa shape index (κ3) is 5.53. The molecule has 0 radical (unpaired) electrons. The number of hydrogen-bond donors (Lipinski definition) is 1. The molecule has 0 spiro atoms. The van der Waals surface area contributed by atoms with Gasteiger partial charge >= 0.3 is 0 Å². The number of thiazole rings is 1. The van der Waals surface area contributed by atoms with Crippen LogP contribution in [0.15, 0.2) is 23.6 Å². The number of amides is 2. The van der Waals surface area contributed by atoms with E-state index in [0.717, 1.165) is 49.3 Å². The first kappa shape index (κ1) is 22.0. The molecule has 166 valence electrons. The first-order valence-electron chi connectivity index (χ1n) is 11.6. The number of benzene rings is 1. The molecule has 4 rings (SSSR count). The molecule has 2 aliphatic rings. The summed E-state index contributed by atoms with van der Waals surface area (Å²) in [7, 11) is 0. The molecule has 31 heavy (non-hydrogen) atoms. The third-order valence-electron chi connectivity index (χ3n) is 6.60. The summed E-state index contributed by atoms with van der Waals surface area (Å²) in [6.45, 7) is 6.27. The maximum Gasteiger partial charge on any atom is 0.271 e. The summed E-state index contributed by atoms with van der Waals surface area (Å²) in [5, 5.41) is 5.89. The Morgan fingerprint density at radius 2 is 1.71 bits per heavy atom. The van der Waals surface area contributed by atoms with E-state index in [1.165, 1.54) is 30.4 Å². The van der Waals surface area contributed by atoms with Crippen LogP contribution in [0, 0.1) is 19.8 Å². The average Bonchev–Trinajstić information content (AvgIpc) is 3.27. The van der Waals surface area contributed by atoms with E-state index >= 15 is 0 Å². The number of rotatable bonds is 5. The second kappa shape index (κ2) is 9.94. The molecule has 1 aromatic heterocycles. The summed E-state index contributed by atoms with van der Waals surface area (Å²) in [6, 6.07) is 6.33. The second-order valence-corrected chi connectivity index (χ2v) is 10.1. The second-order valence-electron chi connectivity index (χ2n) is 9.18. The monoisotopic (exact) mass is 439 g/mol. The number of nitrogens with one attached hydrogen (secondary N) is 1. The molecule has 5 nitrogen and oxygen atoms in total. The lowest BCUT2D eigenvalue weighted by molar-refractivity contribution is -0.137. The predicted octanol–water partition coefficient (Wildman–Crippen LogP) is 4.98. The largest absolute Gasteiger partial charge is 0.347 e. The van der Waals surface area contributed by atoms with Crippen LogP contribution in [0.4, 0.5) is 0 Å². The first-order valence-corrected chi connectivity index (χ1v) is 12.5. The lowest BCUT2D eigenvalue weighted by atomic mass is 9.87. The first-order chi connectivity index (χ1) is 15.0. The minimum absolute atomic E-state index is 0.119. The summed E-state index contributed by atoms with van der Waals surface area (Å²) in [5.41, 5.74) is 4.02. The molecule has 1 aromatic carbocycles. The molecule has 1 aliphatic carbocycles. The fourth-order valence-electron chi connectivity index (χ4n) is 4.98. The highest BCUT2D eigenvalue weighted by Gasteiger charge is 2.30. The van der Waals surface area contributed by atoms with Gasteiger partial charge in [0.15, 0.2) is 0 Å². The van der Waals surface area contributed by atoms with E-state index < -0.39 is 0 Å². The van der Waals surface area contributed by atoms with Crippen LogP contribution in [0.5, 0.6) is 0 Å². The van der Waals surface area contributed by atoms with Crippen molar-refractivity contribution in [3.63, 3.8) is 0 Å². The Bertz CT molecular complexity index is 904. The highest BCUT2D eigenvalue weighted by atomic mass is 32.1. The molecule has 1 saturated heterocycles. The zero-order valence-corrected chi connectivity index (χ0v) is 19.5. The smallest absolute Gasteiger partial charge is 0.271 e. The topological polar surface area (TPSA) is 62.3 Å². The van der Waals surface area contributed by atoms with Gasteiger partial charge in [0.2, 0.25) is 5.91 Å². The summed E-state index contributed by atoms with van der Waals surface area (Å²) < 4.78 is 0. The van der Waals surface area contributed by atoms with Crippen molar-refractivity contribution < 1.29 is 9.59 Å². The van der Waals surface area contributed by atoms with Crippen LogP contribution >= 0.6 is 11.3 Å². The van der Waals surface area contributed by atoms with Crippen LogP contribution in [-0.4, -0.2) is 34.8 Å². The van der Waals surface area contributed by atoms with Crippen molar-refractivity contribution in [2.45, 2.75) is 71.3 Å². The molecule has 2 heterocycles. The summed E-state index contributed by atoms with van der Waals surface area (Å²) in [5.74, 6) is 0.842. The number of nitrogens with zero attached hydrogens (tertiary/aromatic N) is 2. The van der Waals surface area contributed by atoms with Crippen molar-refractivity contribution in [1.29, 1.82) is 0 Å². The van der Waals surface area contributed by atoms with Gasteiger partial charge in [0.25, 0.3) is 5.91 Å². The lowest BCUT2D eigenvalue weighted by Gasteiger charge is -2.34. The molecular formula is C25H33N3O2S. The Labute approximate surface area is 189 Å². The molecule has 0 unspecified atom stereocenters. The van der Waals surface area contributed by atoms with Gasteiger partial charge in [-0.15, -0.1) is 11.3 Å². The van der Waals surface area contributed by atoms with Crippen LogP contribution in [0.3, 0.4) is 0 Å². The molecule has 0 bridgehead atoms. The van der Waals surface area contributed by atoms with Crippen LogP contribution in [0.2, 0.25) is 0 Å². The van der Waals surface area contributed by atoms with Crippen molar-refractivity contribution in [3.8, 4) is 0 Å². The number of carbonyl (C=O) groups is 2. The van der Waals surface area contributed by atoms with Gasteiger partial charge in [-0.3, -0.25) is 9.59 Å². The SMILES string of the molecule is Cc1cc(C)cc(CNC(=O)c2csc(C3CCN(C(=O)C4CCCCC4)CC3)n2)c1. The van der Waals surface area contributed by atoms with Crippen molar-refractivity contribution in [2.24, 2.45) is 5.92 Å². The van der Waals surface area contributed by atoms with Gasteiger partial charge in [0.05, 0.1) is 5.01 Å². The van der Waals surface area contributed by atoms with E-state index in [0.29, 0.717) is 24.1 Å². The zero-order valence-electron chi connectivity index (χ0n) is 18.7. The minimum atomic E-state index is -0.119. The summed E-state index contributed by atoms with van der Waals surface area (Å²) in [4.78, 5) is 32.1. The molecule has 2 aromatic rings. The molecule has 2 fully saturated rings. The maximum atomic E-state index is 12.8. The van der Waals surface area contributed by atoms with Crippen LogP contribution < -0.4 is 5.32 Å². The molecule has 2 amide bonds. The fraction of sp³-hybridized carbons (Fsp3) is 0.560. The van der Waals surface area contributed by atoms with E-state index in [-0.39, 0.29) is 11.8 Å². The van der Waals surface area contributed by atoms with Crippen LogP contribution in [-0.2, 0) is 11.3 Å². The zero-order chi connectivity index (χ0) is 21.8. The van der Waals surface area contributed by atoms with Gasteiger partial charge in [0, 0.05) is 36.9 Å². The van der Waals surface area contributed by atoms with E-state index in [2.05, 4.69) is 47.2 Å². The van der Waals surface area contributed by atoms with Crippen LogP contribution in [0.25, 0.3) is 0 Å². The Hall–Kier alpha value is -2.21. The molecule has 6 heteroatoms. The molecule has 1 saturated carbocycles. The Morgan fingerprint density at radius 1 is 1.03 bits per heavy atom. The Kier molecular flexibility index (Phi) is 7.06. The highest BCUT2D eigenvalue weighted by molar-refractivity contribution is 7.09. The van der Waals surface area contributed by atoms with Gasteiger partial charge in [-0.25, -0.2) is 4.98 Å². The lowest BCUT2D eigenvalue weighted by Crippen LogP contribution is -2.41. The van der Waals surface area contributed by atoms with E-state index in [9.17, 15) is 9.59 Å². The number of aryl methyl sites for hydroxylation is 2. The predicted molar refractivity (Wildman–Crippen MR) is 124 cm³/mol. The van der Waals surface area contributed by atoms with Crippen molar-refractivity contribution in [2.75, 3.05) is 13.1 Å². The highest BCUT2D eigenvalue weighted by Crippen LogP contribution is 2.32. The quantitative estimate of drug-likeness (QED) is 0.715. The van der Waals surface area contributed by atoms with Gasteiger partial charge in [-0.2, -0.15) is 0 Å². The van der Waals surface area contributed by atoms with E-state index in [4.69, 9.17) is 0 Å². The van der Waals surface area contributed by atoms with Gasteiger partial charge in [-0.05, 0) is 45.1 Å².